The highest BCUT2D eigenvalue weighted by molar-refractivity contribution is 5.93. The summed E-state index contributed by atoms with van der Waals surface area (Å²) in [5, 5.41) is 0. The van der Waals surface area contributed by atoms with Crippen molar-refractivity contribution in [1.29, 1.82) is 0 Å². The van der Waals surface area contributed by atoms with Gasteiger partial charge in [0.2, 0.25) is 5.91 Å². The van der Waals surface area contributed by atoms with Crippen LogP contribution >= 0.6 is 0 Å². The molecule has 3 fully saturated rings. The van der Waals surface area contributed by atoms with Crippen molar-refractivity contribution in [1.82, 2.24) is 4.90 Å². The Morgan fingerprint density at radius 3 is 2.95 bits per heavy atom. The number of hydrogen-bond acceptors (Lipinski definition) is 3. The predicted octanol–water partition coefficient (Wildman–Crippen LogP) is 2.67. The molecule has 0 spiro atoms. The highest BCUT2D eigenvalue weighted by Crippen LogP contribution is 2.36. The van der Waals surface area contributed by atoms with Gasteiger partial charge in [-0.2, -0.15) is 0 Å². The first kappa shape index (κ1) is 14.7. The minimum Gasteiger partial charge on any atom is -0.374 e. The van der Waals surface area contributed by atoms with Gasteiger partial charge in [0.15, 0.2) is 0 Å². The second kappa shape index (κ2) is 6.32. The van der Waals surface area contributed by atoms with Gasteiger partial charge in [-0.05, 0) is 57.3 Å². The molecule has 1 heterocycles. The molecule has 0 N–H and O–H groups in total. The molecule has 3 aliphatic carbocycles. The molecule has 4 rings (SSSR count). The van der Waals surface area contributed by atoms with E-state index in [1.807, 2.05) is 0 Å². The average Bonchev–Trinajstić information content (AvgIpc) is 3.30. The van der Waals surface area contributed by atoms with E-state index in [1.54, 1.807) is 0 Å². The molecule has 122 valence electrons. The van der Waals surface area contributed by atoms with Crippen molar-refractivity contribution in [2.45, 2.75) is 69.6 Å². The lowest BCUT2D eigenvalue weighted by atomic mass is 9.97. The summed E-state index contributed by atoms with van der Waals surface area (Å²) in [5.74, 6) is 1.00. The van der Waals surface area contributed by atoms with Crippen molar-refractivity contribution in [3.05, 3.63) is 11.6 Å². The van der Waals surface area contributed by atoms with Crippen LogP contribution in [-0.2, 0) is 14.3 Å². The smallest absolute Gasteiger partial charge is 0.249 e. The summed E-state index contributed by atoms with van der Waals surface area (Å²) < 4.78 is 12.2. The third-order valence-corrected chi connectivity index (χ3v) is 5.60. The van der Waals surface area contributed by atoms with E-state index < -0.39 is 0 Å². The minimum atomic E-state index is 0.0937. The number of nitrogens with zero attached hydrogens (tertiary/aromatic N) is 1. The fraction of sp³-hybridized carbons (Fsp3) is 0.833. The standard InChI is InChI=1S/C18H27NO3/c20-18(14-4-2-1-3-5-14)19-10-11-21-16-9-8-15(19)17(16)22-12-13-6-7-13/h4,13,15-17H,1-3,5-12H2/t15-,16-,17+/m0/s1. The van der Waals surface area contributed by atoms with Gasteiger partial charge in [0.1, 0.15) is 6.10 Å². The van der Waals surface area contributed by atoms with Gasteiger partial charge in [0, 0.05) is 18.7 Å². The molecular weight excluding hydrogens is 278 g/mol. The fourth-order valence-electron chi connectivity index (χ4n) is 4.11. The molecule has 1 aliphatic heterocycles. The van der Waals surface area contributed by atoms with Gasteiger partial charge in [-0.25, -0.2) is 0 Å². The lowest BCUT2D eigenvalue weighted by molar-refractivity contribution is -0.132. The normalized spacial score (nSPS) is 35.2. The number of ether oxygens (including phenoxy) is 2. The van der Waals surface area contributed by atoms with Crippen LogP contribution in [0.25, 0.3) is 0 Å². The minimum absolute atomic E-state index is 0.0937. The second-order valence-electron chi connectivity index (χ2n) is 7.27. The molecule has 2 bridgehead atoms. The molecule has 0 aromatic heterocycles. The first-order chi connectivity index (χ1) is 10.8. The van der Waals surface area contributed by atoms with E-state index in [2.05, 4.69) is 11.0 Å². The summed E-state index contributed by atoms with van der Waals surface area (Å²) >= 11 is 0. The first-order valence-corrected chi connectivity index (χ1v) is 9.06. The van der Waals surface area contributed by atoms with E-state index in [1.165, 1.54) is 19.3 Å². The van der Waals surface area contributed by atoms with Crippen LogP contribution in [0.3, 0.4) is 0 Å². The van der Waals surface area contributed by atoms with Crippen molar-refractivity contribution in [2.75, 3.05) is 19.8 Å². The van der Waals surface area contributed by atoms with Crippen molar-refractivity contribution in [3.8, 4) is 0 Å². The van der Waals surface area contributed by atoms with E-state index in [0.717, 1.165) is 56.7 Å². The van der Waals surface area contributed by atoms with Gasteiger partial charge in [-0.1, -0.05) is 6.08 Å². The van der Waals surface area contributed by atoms with Crippen LogP contribution in [0.4, 0.5) is 0 Å². The Morgan fingerprint density at radius 2 is 2.18 bits per heavy atom. The van der Waals surface area contributed by atoms with E-state index in [0.29, 0.717) is 6.61 Å². The zero-order chi connectivity index (χ0) is 14.9. The molecule has 0 aromatic carbocycles. The maximum Gasteiger partial charge on any atom is 0.249 e. The van der Waals surface area contributed by atoms with Gasteiger partial charge in [0.05, 0.1) is 18.8 Å². The van der Waals surface area contributed by atoms with Crippen LogP contribution in [0.2, 0.25) is 0 Å². The van der Waals surface area contributed by atoms with Crippen molar-refractivity contribution in [2.24, 2.45) is 5.92 Å². The lowest BCUT2D eigenvalue weighted by Gasteiger charge is -2.32. The highest BCUT2D eigenvalue weighted by Gasteiger charge is 2.45. The van der Waals surface area contributed by atoms with Crippen molar-refractivity contribution >= 4 is 5.91 Å². The van der Waals surface area contributed by atoms with Crippen LogP contribution in [-0.4, -0.2) is 48.8 Å². The topological polar surface area (TPSA) is 38.8 Å². The van der Waals surface area contributed by atoms with Gasteiger partial charge >= 0.3 is 0 Å². The maximum absolute atomic E-state index is 12.9. The molecule has 1 saturated heterocycles. The third-order valence-electron chi connectivity index (χ3n) is 5.60. The zero-order valence-corrected chi connectivity index (χ0v) is 13.3. The summed E-state index contributed by atoms with van der Waals surface area (Å²) in [6.45, 7) is 2.23. The number of fused-ring (bicyclic) bond motifs is 2. The summed E-state index contributed by atoms with van der Waals surface area (Å²) in [7, 11) is 0. The SMILES string of the molecule is O=C(C1=CCCCC1)N1CCO[C@H]2CC[C@H]1[C@H]2OCC1CC1. The van der Waals surface area contributed by atoms with Crippen LogP contribution < -0.4 is 0 Å². The van der Waals surface area contributed by atoms with E-state index >= 15 is 0 Å². The highest BCUT2D eigenvalue weighted by atomic mass is 16.5. The first-order valence-electron chi connectivity index (χ1n) is 9.06. The van der Waals surface area contributed by atoms with Crippen LogP contribution in [0.5, 0.6) is 0 Å². The fourth-order valence-corrected chi connectivity index (χ4v) is 4.11. The Bertz CT molecular complexity index is 457. The Hall–Kier alpha value is -0.870. The monoisotopic (exact) mass is 305 g/mol. The molecule has 4 aliphatic rings. The molecule has 4 heteroatoms. The second-order valence-corrected chi connectivity index (χ2v) is 7.27. The molecule has 0 radical (unpaired) electrons. The van der Waals surface area contributed by atoms with Gasteiger partial charge in [-0.3, -0.25) is 4.79 Å². The van der Waals surface area contributed by atoms with Gasteiger partial charge in [0.25, 0.3) is 0 Å². The summed E-state index contributed by atoms with van der Waals surface area (Å²) in [6.07, 6.45) is 11.5. The number of rotatable bonds is 4. The number of amides is 1. The molecule has 4 nitrogen and oxygen atoms in total. The van der Waals surface area contributed by atoms with Gasteiger partial charge in [-0.15, -0.1) is 0 Å². The quantitative estimate of drug-likeness (QED) is 0.801. The van der Waals surface area contributed by atoms with Crippen LogP contribution in [0, 0.1) is 5.92 Å². The van der Waals surface area contributed by atoms with E-state index in [9.17, 15) is 4.79 Å². The number of carbonyl (C=O) groups is 1. The number of hydrogen-bond donors (Lipinski definition) is 0. The van der Waals surface area contributed by atoms with E-state index in [4.69, 9.17) is 9.47 Å². The summed E-state index contributed by atoms with van der Waals surface area (Å²) in [4.78, 5) is 15.0. The Kier molecular flexibility index (Phi) is 4.23. The molecule has 2 saturated carbocycles. The molecule has 0 aromatic rings. The number of allylic oxidation sites excluding steroid dienone is 1. The van der Waals surface area contributed by atoms with Crippen LogP contribution in [0.1, 0.15) is 51.4 Å². The summed E-state index contributed by atoms with van der Waals surface area (Å²) in [5.41, 5.74) is 1.03. The Labute approximate surface area is 132 Å². The maximum atomic E-state index is 12.9. The average molecular weight is 305 g/mol. The molecule has 0 unspecified atom stereocenters. The third kappa shape index (κ3) is 2.95. The lowest BCUT2D eigenvalue weighted by Crippen LogP contribution is -2.47. The zero-order valence-electron chi connectivity index (χ0n) is 13.3. The Morgan fingerprint density at radius 1 is 1.27 bits per heavy atom. The predicted molar refractivity (Wildman–Crippen MR) is 83.5 cm³/mol. The van der Waals surface area contributed by atoms with Gasteiger partial charge < -0.3 is 14.4 Å². The molecule has 3 atom stereocenters. The van der Waals surface area contributed by atoms with Crippen LogP contribution in [0.15, 0.2) is 11.6 Å². The molecule has 1 amide bonds. The van der Waals surface area contributed by atoms with E-state index in [-0.39, 0.29) is 24.2 Å². The number of carbonyl (C=O) groups excluding carboxylic acids is 1. The molecule has 22 heavy (non-hydrogen) atoms. The van der Waals surface area contributed by atoms with Crippen molar-refractivity contribution in [3.63, 3.8) is 0 Å². The molecular formula is C18H27NO3. The van der Waals surface area contributed by atoms with Crippen molar-refractivity contribution < 1.29 is 14.3 Å². The Balaban J connectivity index is 1.48. The largest absolute Gasteiger partial charge is 0.374 e. The summed E-state index contributed by atoms with van der Waals surface area (Å²) in [6, 6.07) is 0.224.